The van der Waals surface area contributed by atoms with Crippen LogP contribution in [0.15, 0.2) is 22.7 Å². The highest BCUT2D eigenvalue weighted by molar-refractivity contribution is 9.10. The summed E-state index contributed by atoms with van der Waals surface area (Å²) in [4.78, 5) is 11.9. The first kappa shape index (κ1) is 15.8. The molecular weight excluding hydrogens is 338 g/mol. The van der Waals surface area contributed by atoms with Crippen LogP contribution >= 0.6 is 15.9 Å². The molecule has 7 heteroatoms. The summed E-state index contributed by atoms with van der Waals surface area (Å²) >= 11 is 3.42. The minimum Gasteiger partial charge on any atom is -0.463 e. The number of aliphatic hydroxyl groups is 1. The number of rotatable bonds is 6. The molecule has 0 aliphatic heterocycles. The molecule has 2 aromatic rings. The van der Waals surface area contributed by atoms with E-state index in [1.807, 2.05) is 25.2 Å². The Morgan fingerprint density at radius 1 is 1.57 bits per heavy atom. The van der Waals surface area contributed by atoms with Crippen LogP contribution in [0.1, 0.15) is 13.3 Å². The van der Waals surface area contributed by atoms with Gasteiger partial charge in [0, 0.05) is 24.7 Å². The highest BCUT2D eigenvalue weighted by Gasteiger charge is 2.18. The molecule has 6 nitrogen and oxygen atoms in total. The maximum Gasteiger partial charge on any atom is 0.260 e. The second-order valence-corrected chi connectivity index (χ2v) is 5.63. The van der Waals surface area contributed by atoms with Gasteiger partial charge in [0.15, 0.2) is 6.10 Å². The van der Waals surface area contributed by atoms with Crippen molar-refractivity contribution >= 4 is 32.7 Å². The van der Waals surface area contributed by atoms with Crippen LogP contribution in [0.3, 0.4) is 0 Å². The summed E-state index contributed by atoms with van der Waals surface area (Å²) in [5, 5.41) is 16.6. The van der Waals surface area contributed by atoms with E-state index in [1.54, 1.807) is 11.6 Å². The number of nitrogens with one attached hydrogen (secondary N) is 1. The third-order valence-electron chi connectivity index (χ3n) is 3.07. The summed E-state index contributed by atoms with van der Waals surface area (Å²) in [7, 11) is 1.83. The van der Waals surface area contributed by atoms with E-state index in [4.69, 9.17) is 9.84 Å². The lowest BCUT2D eigenvalue weighted by Gasteiger charge is -2.12. The predicted octanol–water partition coefficient (Wildman–Crippen LogP) is 1.60. The lowest BCUT2D eigenvalue weighted by Crippen LogP contribution is -2.37. The predicted molar refractivity (Wildman–Crippen MR) is 83.2 cm³/mol. The number of halogens is 1. The second-order valence-electron chi connectivity index (χ2n) is 4.72. The lowest BCUT2D eigenvalue weighted by molar-refractivity contribution is -0.127. The summed E-state index contributed by atoms with van der Waals surface area (Å²) in [6, 6.07) is 5.78. The van der Waals surface area contributed by atoms with E-state index in [9.17, 15) is 4.79 Å². The van der Waals surface area contributed by atoms with Gasteiger partial charge in [-0.2, -0.15) is 0 Å². The molecule has 0 fully saturated rings. The minimum absolute atomic E-state index is 0.0500. The molecule has 2 rings (SSSR count). The van der Waals surface area contributed by atoms with Gasteiger partial charge in [-0.25, -0.2) is 0 Å². The van der Waals surface area contributed by atoms with Crippen molar-refractivity contribution in [2.24, 2.45) is 7.05 Å². The number of benzene rings is 1. The van der Waals surface area contributed by atoms with Crippen LogP contribution in [0.2, 0.25) is 0 Å². The van der Waals surface area contributed by atoms with Gasteiger partial charge < -0.3 is 15.2 Å². The highest BCUT2D eigenvalue weighted by atomic mass is 79.9. The number of ether oxygens (including phenoxy) is 1. The van der Waals surface area contributed by atoms with E-state index in [-0.39, 0.29) is 12.5 Å². The third kappa shape index (κ3) is 3.74. The zero-order chi connectivity index (χ0) is 15.4. The topological polar surface area (TPSA) is 76.4 Å². The Labute approximate surface area is 131 Å². The smallest absolute Gasteiger partial charge is 0.260 e. The SMILES string of the molecule is C[C@H](Oc1nn(C)c2ccc(Br)cc12)C(=O)NCCCO. The molecular formula is C14H18BrN3O3. The standard InChI is InChI=1S/C14H18BrN3O3/c1-9(13(20)16-6-3-7-19)21-14-11-8-10(15)4-5-12(11)18(2)17-14/h4-5,8-9,19H,3,6-7H2,1-2H3,(H,16,20)/t9-/m0/s1. The maximum atomic E-state index is 11.9. The van der Waals surface area contributed by atoms with Gasteiger partial charge >= 0.3 is 0 Å². The number of hydrogen-bond donors (Lipinski definition) is 2. The van der Waals surface area contributed by atoms with Crippen molar-refractivity contribution in [1.29, 1.82) is 0 Å². The monoisotopic (exact) mass is 355 g/mol. The van der Waals surface area contributed by atoms with Crippen molar-refractivity contribution in [1.82, 2.24) is 15.1 Å². The van der Waals surface area contributed by atoms with Crippen LogP contribution in [0, 0.1) is 0 Å². The first-order valence-electron chi connectivity index (χ1n) is 6.70. The van der Waals surface area contributed by atoms with Gasteiger partial charge in [0.05, 0.1) is 10.9 Å². The van der Waals surface area contributed by atoms with E-state index in [2.05, 4.69) is 26.3 Å². The molecule has 0 spiro atoms. The largest absolute Gasteiger partial charge is 0.463 e. The van der Waals surface area contributed by atoms with Gasteiger partial charge in [-0.15, -0.1) is 5.10 Å². The van der Waals surface area contributed by atoms with Crippen molar-refractivity contribution in [3.63, 3.8) is 0 Å². The van der Waals surface area contributed by atoms with Gasteiger partial charge in [0.2, 0.25) is 5.88 Å². The van der Waals surface area contributed by atoms with Crippen LogP contribution in [-0.4, -0.2) is 40.0 Å². The first-order valence-corrected chi connectivity index (χ1v) is 7.49. The van der Waals surface area contributed by atoms with Crippen molar-refractivity contribution in [2.75, 3.05) is 13.2 Å². The van der Waals surface area contributed by atoms with E-state index in [0.717, 1.165) is 15.4 Å². The second kappa shape index (κ2) is 6.91. The zero-order valence-electron chi connectivity index (χ0n) is 12.0. The molecule has 1 heterocycles. The number of aliphatic hydroxyl groups excluding tert-OH is 1. The van der Waals surface area contributed by atoms with E-state index in [0.29, 0.717) is 18.8 Å². The molecule has 1 aromatic heterocycles. The third-order valence-corrected chi connectivity index (χ3v) is 3.56. The maximum absolute atomic E-state index is 11.9. The molecule has 1 aromatic carbocycles. The normalized spacial score (nSPS) is 12.4. The lowest BCUT2D eigenvalue weighted by atomic mass is 10.2. The molecule has 21 heavy (non-hydrogen) atoms. The quantitative estimate of drug-likeness (QED) is 0.771. The van der Waals surface area contributed by atoms with Gasteiger partial charge in [-0.3, -0.25) is 9.48 Å². The summed E-state index contributed by atoms with van der Waals surface area (Å²) in [5.41, 5.74) is 0.932. The number of hydrogen-bond acceptors (Lipinski definition) is 4. The van der Waals surface area contributed by atoms with Crippen molar-refractivity contribution in [3.05, 3.63) is 22.7 Å². The number of aromatic nitrogens is 2. The van der Waals surface area contributed by atoms with Crippen molar-refractivity contribution in [3.8, 4) is 5.88 Å². The van der Waals surface area contributed by atoms with Gasteiger partial charge in [0.1, 0.15) is 0 Å². The molecule has 114 valence electrons. The van der Waals surface area contributed by atoms with Crippen LogP contribution in [0.4, 0.5) is 0 Å². The van der Waals surface area contributed by atoms with Crippen LogP contribution in [0.25, 0.3) is 10.9 Å². The van der Waals surface area contributed by atoms with Crippen LogP contribution < -0.4 is 10.1 Å². The fraction of sp³-hybridized carbons (Fsp3) is 0.429. The molecule has 0 saturated carbocycles. The fourth-order valence-electron chi connectivity index (χ4n) is 1.95. The number of carbonyl (C=O) groups is 1. The Balaban J connectivity index is 2.12. The molecule has 2 N–H and O–H groups in total. The molecule has 1 atom stereocenters. The number of nitrogens with zero attached hydrogens (tertiary/aromatic N) is 2. The molecule has 0 unspecified atom stereocenters. The Kier molecular flexibility index (Phi) is 5.19. The summed E-state index contributed by atoms with van der Waals surface area (Å²) in [6.45, 7) is 2.15. The molecule has 0 saturated heterocycles. The Hall–Kier alpha value is -1.60. The van der Waals surface area contributed by atoms with Crippen LogP contribution in [-0.2, 0) is 11.8 Å². The Bertz CT molecular complexity index is 642. The number of carbonyl (C=O) groups excluding carboxylic acids is 1. The first-order chi connectivity index (χ1) is 10.0. The van der Waals surface area contributed by atoms with Crippen molar-refractivity contribution < 1.29 is 14.6 Å². The minimum atomic E-state index is -0.652. The zero-order valence-corrected chi connectivity index (χ0v) is 13.6. The van der Waals surface area contributed by atoms with Crippen LogP contribution in [0.5, 0.6) is 5.88 Å². The fourth-order valence-corrected chi connectivity index (χ4v) is 2.31. The average molecular weight is 356 g/mol. The molecule has 1 amide bonds. The van der Waals surface area contributed by atoms with Gasteiger partial charge in [0.25, 0.3) is 5.91 Å². The number of aryl methyl sites for hydroxylation is 1. The summed E-state index contributed by atoms with van der Waals surface area (Å²) in [5.74, 6) is 0.204. The highest BCUT2D eigenvalue weighted by Crippen LogP contribution is 2.28. The molecule has 0 radical (unpaired) electrons. The summed E-state index contributed by atoms with van der Waals surface area (Å²) in [6.07, 6.45) is -0.126. The Morgan fingerprint density at radius 3 is 3.05 bits per heavy atom. The van der Waals surface area contributed by atoms with E-state index >= 15 is 0 Å². The molecule has 0 aliphatic rings. The van der Waals surface area contributed by atoms with Crippen molar-refractivity contribution in [2.45, 2.75) is 19.4 Å². The number of fused-ring (bicyclic) bond motifs is 1. The van der Waals surface area contributed by atoms with E-state index in [1.165, 1.54) is 0 Å². The molecule has 0 bridgehead atoms. The average Bonchev–Trinajstić information content (AvgIpc) is 2.75. The number of amides is 1. The van der Waals surface area contributed by atoms with E-state index < -0.39 is 6.10 Å². The Morgan fingerprint density at radius 2 is 2.33 bits per heavy atom. The van der Waals surface area contributed by atoms with Gasteiger partial charge in [-0.1, -0.05) is 15.9 Å². The summed E-state index contributed by atoms with van der Waals surface area (Å²) < 4.78 is 8.31. The molecule has 0 aliphatic carbocycles. The van der Waals surface area contributed by atoms with Gasteiger partial charge in [-0.05, 0) is 31.5 Å².